The molecule has 1 N–H and O–H groups in total. The molecule has 0 saturated carbocycles. The minimum Gasteiger partial charge on any atom is -0.451 e. The summed E-state index contributed by atoms with van der Waals surface area (Å²) in [6.07, 6.45) is 1.73. The molecule has 0 unspecified atom stereocenters. The highest BCUT2D eigenvalue weighted by atomic mass is 16.3. The lowest BCUT2D eigenvalue weighted by atomic mass is 10.1. The van der Waals surface area contributed by atoms with Crippen LogP contribution in [0.5, 0.6) is 0 Å². The van der Waals surface area contributed by atoms with E-state index < -0.39 is 0 Å². The molecule has 0 radical (unpaired) electrons. The van der Waals surface area contributed by atoms with E-state index in [1.165, 1.54) is 0 Å². The van der Waals surface area contributed by atoms with Crippen molar-refractivity contribution in [2.24, 2.45) is 0 Å². The Bertz CT molecular complexity index is 614. The second-order valence-electron chi connectivity index (χ2n) is 5.34. The summed E-state index contributed by atoms with van der Waals surface area (Å²) < 4.78 is 5.68. The molecule has 0 fully saturated rings. The van der Waals surface area contributed by atoms with E-state index in [1.54, 1.807) is 11.0 Å². The number of aliphatic hydroxyl groups excluding tert-OH is 1. The molecular weight excluding hydrogens is 266 g/mol. The molecule has 114 valence electrons. The molecule has 1 heterocycles. The summed E-state index contributed by atoms with van der Waals surface area (Å²) >= 11 is 0. The molecule has 2 rings (SSSR count). The molecule has 4 nitrogen and oxygen atoms in total. The number of nitrogens with zero attached hydrogens (tertiary/aromatic N) is 1. The maximum absolute atomic E-state index is 12.7. The van der Waals surface area contributed by atoms with Gasteiger partial charge in [-0.05, 0) is 38.0 Å². The molecular formula is C17H23NO3. The van der Waals surface area contributed by atoms with Gasteiger partial charge in [-0.1, -0.05) is 25.5 Å². The first-order chi connectivity index (χ1) is 10.1. The highest BCUT2D eigenvalue weighted by Crippen LogP contribution is 2.23. The van der Waals surface area contributed by atoms with Crippen molar-refractivity contribution >= 4 is 16.9 Å². The van der Waals surface area contributed by atoms with E-state index in [9.17, 15) is 9.90 Å². The molecule has 1 amide bonds. The van der Waals surface area contributed by atoms with Gasteiger partial charge >= 0.3 is 0 Å². The molecule has 0 bridgehead atoms. The summed E-state index contributed by atoms with van der Waals surface area (Å²) in [5, 5.41) is 10.2. The van der Waals surface area contributed by atoms with Crippen molar-refractivity contribution in [1.82, 2.24) is 4.90 Å². The molecule has 0 aliphatic rings. The van der Waals surface area contributed by atoms with Crippen LogP contribution in [0.1, 0.15) is 42.8 Å². The quantitative estimate of drug-likeness (QED) is 0.887. The molecule has 1 aromatic heterocycles. The summed E-state index contributed by atoms with van der Waals surface area (Å²) in [5.74, 6) is 0.197. The number of carbonyl (C=O) groups excluding carboxylic acids is 1. The predicted molar refractivity (Wildman–Crippen MR) is 83.4 cm³/mol. The number of aliphatic hydroxyl groups is 1. The van der Waals surface area contributed by atoms with E-state index in [0.29, 0.717) is 12.3 Å². The fraction of sp³-hybridized carbons (Fsp3) is 0.471. The van der Waals surface area contributed by atoms with Gasteiger partial charge in [0.2, 0.25) is 0 Å². The monoisotopic (exact) mass is 289 g/mol. The van der Waals surface area contributed by atoms with Crippen LogP contribution in [0.3, 0.4) is 0 Å². The van der Waals surface area contributed by atoms with Gasteiger partial charge in [-0.15, -0.1) is 0 Å². The van der Waals surface area contributed by atoms with Crippen LogP contribution in [0.25, 0.3) is 11.0 Å². The molecule has 4 heteroatoms. The van der Waals surface area contributed by atoms with Gasteiger partial charge in [0.1, 0.15) is 5.58 Å². The zero-order chi connectivity index (χ0) is 15.4. The second kappa shape index (κ2) is 6.76. The van der Waals surface area contributed by atoms with Crippen LogP contribution in [0, 0.1) is 6.92 Å². The molecule has 0 aliphatic heterocycles. The summed E-state index contributed by atoms with van der Waals surface area (Å²) in [4.78, 5) is 14.4. The first-order valence-corrected chi connectivity index (χ1v) is 7.52. The lowest BCUT2D eigenvalue weighted by Crippen LogP contribution is -2.41. The summed E-state index contributed by atoms with van der Waals surface area (Å²) in [6, 6.07) is 7.77. The number of hydrogen-bond acceptors (Lipinski definition) is 3. The van der Waals surface area contributed by atoms with E-state index in [1.807, 2.05) is 39.0 Å². The maximum atomic E-state index is 12.7. The molecule has 0 aliphatic carbocycles. The average molecular weight is 289 g/mol. The Morgan fingerprint density at radius 2 is 2.00 bits per heavy atom. The number of benzene rings is 1. The highest BCUT2D eigenvalue weighted by molar-refractivity contribution is 5.96. The van der Waals surface area contributed by atoms with E-state index in [0.717, 1.165) is 29.4 Å². The Labute approximate surface area is 125 Å². The van der Waals surface area contributed by atoms with Crippen molar-refractivity contribution in [3.63, 3.8) is 0 Å². The molecule has 0 saturated heterocycles. The van der Waals surface area contributed by atoms with Crippen LogP contribution >= 0.6 is 0 Å². The van der Waals surface area contributed by atoms with Gasteiger partial charge in [0.05, 0.1) is 6.61 Å². The third kappa shape index (κ3) is 3.27. The van der Waals surface area contributed by atoms with Gasteiger partial charge < -0.3 is 14.4 Å². The standard InChI is InChI=1S/C17H23NO3/c1-4-14(5-2)18(8-9-19)17(20)16-11-13-10-12(3)6-7-15(13)21-16/h6-7,10-11,14,19H,4-5,8-9H2,1-3H3. The van der Waals surface area contributed by atoms with Gasteiger partial charge in [-0.2, -0.15) is 0 Å². The smallest absolute Gasteiger partial charge is 0.289 e. The number of rotatable bonds is 6. The van der Waals surface area contributed by atoms with Crippen molar-refractivity contribution in [2.45, 2.75) is 39.7 Å². The van der Waals surface area contributed by atoms with Crippen LogP contribution < -0.4 is 0 Å². The van der Waals surface area contributed by atoms with Crippen LogP contribution in [0.15, 0.2) is 28.7 Å². The minimum atomic E-state index is -0.147. The van der Waals surface area contributed by atoms with Crippen LogP contribution in [0.2, 0.25) is 0 Å². The summed E-state index contributed by atoms with van der Waals surface area (Å²) in [6.45, 7) is 6.40. The highest BCUT2D eigenvalue weighted by Gasteiger charge is 2.24. The van der Waals surface area contributed by atoms with Gasteiger partial charge in [-0.3, -0.25) is 4.79 Å². The SMILES string of the molecule is CCC(CC)N(CCO)C(=O)c1cc2cc(C)ccc2o1. The lowest BCUT2D eigenvalue weighted by molar-refractivity contribution is 0.0592. The van der Waals surface area contributed by atoms with E-state index >= 15 is 0 Å². The first-order valence-electron chi connectivity index (χ1n) is 7.52. The predicted octanol–water partition coefficient (Wildman–Crippen LogP) is 3.36. The first kappa shape index (κ1) is 15.6. The Balaban J connectivity index is 2.33. The fourth-order valence-corrected chi connectivity index (χ4v) is 2.70. The summed E-state index contributed by atoms with van der Waals surface area (Å²) in [5.41, 5.74) is 1.85. The average Bonchev–Trinajstić information content (AvgIpc) is 2.89. The number of amides is 1. The van der Waals surface area contributed by atoms with Gasteiger partial charge in [0, 0.05) is 18.0 Å². The largest absolute Gasteiger partial charge is 0.451 e. The molecule has 2 aromatic rings. The minimum absolute atomic E-state index is 0.0401. The topological polar surface area (TPSA) is 53.7 Å². The van der Waals surface area contributed by atoms with Gasteiger partial charge in [0.15, 0.2) is 5.76 Å². The fourth-order valence-electron chi connectivity index (χ4n) is 2.70. The van der Waals surface area contributed by atoms with E-state index in [4.69, 9.17) is 4.42 Å². The number of aryl methyl sites for hydroxylation is 1. The normalized spacial score (nSPS) is 11.3. The molecule has 0 atom stereocenters. The molecule has 21 heavy (non-hydrogen) atoms. The van der Waals surface area contributed by atoms with Crippen molar-refractivity contribution in [1.29, 1.82) is 0 Å². The summed E-state index contributed by atoms with van der Waals surface area (Å²) in [7, 11) is 0. The van der Waals surface area contributed by atoms with Crippen LogP contribution in [-0.2, 0) is 0 Å². The Hall–Kier alpha value is -1.81. The van der Waals surface area contributed by atoms with Gasteiger partial charge in [-0.25, -0.2) is 0 Å². The van der Waals surface area contributed by atoms with E-state index in [2.05, 4.69) is 0 Å². The Morgan fingerprint density at radius 3 is 2.62 bits per heavy atom. The zero-order valence-electron chi connectivity index (χ0n) is 12.9. The van der Waals surface area contributed by atoms with Crippen LogP contribution in [0.4, 0.5) is 0 Å². The van der Waals surface area contributed by atoms with Crippen molar-refractivity contribution in [2.75, 3.05) is 13.2 Å². The Kier molecular flexibility index (Phi) is 5.02. The second-order valence-corrected chi connectivity index (χ2v) is 5.34. The van der Waals surface area contributed by atoms with Crippen molar-refractivity contribution < 1.29 is 14.3 Å². The Morgan fingerprint density at radius 1 is 1.29 bits per heavy atom. The molecule has 1 aromatic carbocycles. The number of carbonyl (C=O) groups is 1. The molecule has 0 spiro atoms. The number of fused-ring (bicyclic) bond motifs is 1. The number of hydrogen-bond donors (Lipinski definition) is 1. The van der Waals surface area contributed by atoms with Crippen molar-refractivity contribution in [3.05, 3.63) is 35.6 Å². The van der Waals surface area contributed by atoms with Crippen LogP contribution in [-0.4, -0.2) is 35.1 Å². The lowest BCUT2D eigenvalue weighted by Gasteiger charge is -2.29. The maximum Gasteiger partial charge on any atom is 0.289 e. The third-order valence-electron chi connectivity index (χ3n) is 3.87. The van der Waals surface area contributed by atoms with E-state index in [-0.39, 0.29) is 18.6 Å². The van der Waals surface area contributed by atoms with Crippen molar-refractivity contribution in [3.8, 4) is 0 Å². The third-order valence-corrected chi connectivity index (χ3v) is 3.87. The number of furan rings is 1. The van der Waals surface area contributed by atoms with Gasteiger partial charge in [0.25, 0.3) is 5.91 Å². The zero-order valence-corrected chi connectivity index (χ0v) is 12.9.